The number of rotatable bonds is 4. The minimum atomic E-state index is 0.188. The molecule has 1 aromatic rings. The molecule has 1 atom stereocenters. The fourth-order valence-corrected chi connectivity index (χ4v) is 2.62. The van der Waals surface area contributed by atoms with E-state index in [0.29, 0.717) is 0 Å². The van der Waals surface area contributed by atoms with E-state index in [1.807, 2.05) is 11.6 Å². The molecule has 0 bridgehead atoms. The summed E-state index contributed by atoms with van der Waals surface area (Å²) < 4.78 is 3.16. The van der Waals surface area contributed by atoms with E-state index in [4.69, 9.17) is 5.73 Å². The van der Waals surface area contributed by atoms with Crippen LogP contribution in [0.25, 0.3) is 0 Å². The van der Waals surface area contributed by atoms with Crippen LogP contribution in [0.3, 0.4) is 0 Å². The van der Waals surface area contributed by atoms with Gasteiger partial charge in [-0.2, -0.15) is 5.10 Å². The zero-order chi connectivity index (χ0) is 13.2. The molecule has 1 unspecified atom stereocenters. The first-order chi connectivity index (χ1) is 7.74. The summed E-state index contributed by atoms with van der Waals surface area (Å²) in [5.74, 6) is 0. The molecule has 0 aliphatic carbocycles. The highest BCUT2D eigenvalue weighted by atomic mass is 79.9. The van der Waals surface area contributed by atoms with Crippen LogP contribution < -0.4 is 5.73 Å². The van der Waals surface area contributed by atoms with E-state index < -0.39 is 0 Å². The first kappa shape index (κ1) is 14.7. The maximum absolute atomic E-state index is 6.23. The third kappa shape index (κ3) is 4.11. The lowest BCUT2D eigenvalue weighted by Crippen LogP contribution is -2.29. The van der Waals surface area contributed by atoms with Crippen molar-refractivity contribution in [2.24, 2.45) is 11.1 Å². The molecule has 0 amide bonds. The summed E-state index contributed by atoms with van der Waals surface area (Å²) >= 11 is 3.61. The molecule has 0 spiro atoms. The van der Waals surface area contributed by atoms with Gasteiger partial charge >= 0.3 is 0 Å². The van der Waals surface area contributed by atoms with Gasteiger partial charge < -0.3 is 5.73 Å². The largest absolute Gasteiger partial charge is 0.327 e. The third-order valence-corrected chi connectivity index (χ3v) is 3.81. The monoisotopic (exact) mass is 301 g/mol. The third-order valence-electron chi connectivity index (χ3n) is 2.78. The SMILES string of the molecule is CCn1nc(C)c(Br)c1CC(N)CC(C)(C)C. The van der Waals surface area contributed by atoms with E-state index >= 15 is 0 Å². The van der Waals surface area contributed by atoms with Crippen LogP contribution >= 0.6 is 15.9 Å². The number of aryl methyl sites for hydroxylation is 2. The Morgan fingerprint density at radius 2 is 2.00 bits per heavy atom. The van der Waals surface area contributed by atoms with Crippen LogP contribution in [0, 0.1) is 12.3 Å². The second-order valence-electron chi connectivity index (χ2n) is 5.89. The molecule has 4 heteroatoms. The van der Waals surface area contributed by atoms with E-state index in [-0.39, 0.29) is 11.5 Å². The van der Waals surface area contributed by atoms with Gasteiger partial charge in [0.25, 0.3) is 0 Å². The summed E-state index contributed by atoms with van der Waals surface area (Å²) in [5.41, 5.74) is 8.78. The first-order valence-corrected chi connectivity index (χ1v) is 7.01. The van der Waals surface area contributed by atoms with Crippen LogP contribution in [0.4, 0.5) is 0 Å². The molecule has 0 aliphatic rings. The number of halogens is 1. The summed E-state index contributed by atoms with van der Waals surface area (Å²) in [6.45, 7) is 11.7. The zero-order valence-electron chi connectivity index (χ0n) is 11.5. The topological polar surface area (TPSA) is 43.8 Å². The van der Waals surface area contributed by atoms with Crippen molar-refractivity contribution in [3.8, 4) is 0 Å². The van der Waals surface area contributed by atoms with Gasteiger partial charge in [-0.05, 0) is 41.6 Å². The Labute approximate surface area is 113 Å². The van der Waals surface area contributed by atoms with Crippen LogP contribution in [-0.4, -0.2) is 15.8 Å². The Morgan fingerprint density at radius 1 is 1.41 bits per heavy atom. The van der Waals surface area contributed by atoms with Crippen molar-refractivity contribution in [2.45, 2.75) is 60.0 Å². The summed E-state index contributed by atoms with van der Waals surface area (Å²) in [4.78, 5) is 0. The minimum absolute atomic E-state index is 0.188. The summed E-state index contributed by atoms with van der Waals surface area (Å²) in [7, 11) is 0. The molecule has 1 heterocycles. The van der Waals surface area contributed by atoms with Gasteiger partial charge in [0.05, 0.1) is 15.9 Å². The normalized spacial score (nSPS) is 14.1. The van der Waals surface area contributed by atoms with E-state index in [1.54, 1.807) is 0 Å². The van der Waals surface area contributed by atoms with Gasteiger partial charge in [0.15, 0.2) is 0 Å². The summed E-state index contributed by atoms with van der Waals surface area (Å²) in [6, 6.07) is 0.188. The first-order valence-electron chi connectivity index (χ1n) is 6.22. The van der Waals surface area contributed by atoms with Crippen LogP contribution in [0.15, 0.2) is 4.47 Å². The Hall–Kier alpha value is -0.350. The molecule has 0 fully saturated rings. The lowest BCUT2D eigenvalue weighted by Gasteiger charge is -2.23. The van der Waals surface area contributed by atoms with Crippen molar-refractivity contribution in [1.82, 2.24) is 9.78 Å². The second kappa shape index (κ2) is 5.53. The van der Waals surface area contributed by atoms with Gasteiger partial charge in [0.2, 0.25) is 0 Å². The average molecular weight is 302 g/mol. The van der Waals surface area contributed by atoms with Gasteiger partial charge in [-0.3, -0.25) is 4.68 Å². The second-order valence-corrected chi connectivity index (χ2v) is 6.68. The van der Waals surface area contributed by atoms with E-state index in [1.165, 1.54) is 5.69 Å². The van der Waals surface area contributed by atoms with E-state index in [2.05, 4.69) is 48.7 Å². The number of nitrogens with zero attached hydrogens (tertiary/aromatic N) is 2. The molecular formula is C13H24BrN3. The van der Waals surface area contributed by atoms with Crippen molar-refractivity contribution in [3.63, 3.8) is 0 Å². The van der Waals surface area contributed by atoms with Gasteiger partial charge in [-0.15, -0.1) is 0 Å². The lowest BCUT2D eigenvalue weighted by atomic mass is 9.87. The molecular weight excluding hydrogens is 278 g/mol. The molecule has 0 aromatic carbocycles. The van der Waals surface area contributed by atoms with Crippen molar-refractivity contribution in [1.29, 1.82) is 0 Å². The Balaban J connectivity index is 2.80. The maximum atomic E-state index is 6.23. The fraction of sp³-hybridized carbons (Fsp3) is 0.769. The molecule has 0 saturated carbocycles. The highest BCUT2D eigenvalue weighted by Crippen LogP contribution is 2.26. The molecule has 98 valence electrons. The van der Waals surface area contributed by atoms with Crippen molar-refractivity contribution in [3.05, 3.63) is 15.9 Å². The van der Waals surface area contributed by atoms with Crippen molar-refractivity contribution >= 4 is 15.9 Å². The average Bonchev–Trinajstić information content (AvgIpc) is 2.42. The summed E-state index contributed by atoms with van der Waals surface area (Å²) in [6.07, 6.45) is 1.90. The van der Waals surface area contributed by atoms with Gasteiger partial charge in [-0.25, -0.2) is 0 Å². The molecule has 0 radical (unpaired) electrons. The van der Waals surface area contributed by atoms with Crippen LogP contribution in [0.1, 0.15) is 45.5 Å². The molecule has 2 N–H and O–H groups in total. The minimum Gasteiger partial charge on any atom is -0.327 e. The predicted octanol–water partition coefficient (Wildman–Crippen LogP) is 3.28. The molecule has 3 nitrogen and oxygen atoms in total. The fourth-order valence-electron chi connectivity index (χ4n) is 2.17. The molecule has 1 aromatic heterocycles. The number of hydrogen-bond donors (Lipinski definition) is 1. The van der Waals surface area contributed by atoms with E-state index in [9.17, 15) is 0 Å². The Bertz CT molecular complexity index is 377. The van der Waals surface area contributed by atoms with Gasteiger partial charge in [0.1, 0.15) is 0 Å². The van der Waals surface area contributed by atoms with Crippen molar-refractivity contribution in [2.75, 3.05) is 0 Å². The standard InChI is InChI=1S/C13H24BrN3/c1-6-17-11(12(14)9(2)16-17)7-10(15)8-13(3,4)5/h10H,6-8,15H2,1-5H3. The van der Waals surface area contributed by atoms with E-state index in [0.717, 1.165) is 29.6 Å². The Kier molecular flexibility index (Phi) is 4.78. The van der Waals surface area contributed by atoms with Crippen LogP contribution in [0.2, 0.25) is 0 Å². The smallest absolute Gasteiger partial charge is 0.0738 e. The predicted molar refractivity (Wildman–Crippen MR) is 76.1 cm³/mol. The summed E-state index contributed by atoms with van der Waals surface area (Å²) in [5, 5.41) is 4.49. The van der Waals surface area contributed by atoms with Gasteiger partial charge in [-0.1, -0.05) is 20.8 Å². The molecule has 0 saturated heterocycles. The Morgan fingerprint density at radius 3 is 2.47 bits per heavy atom. The lowest BCUT2D eigenvalue weighted by molar-refractivity contribution is 0.335. The quantitative estimate of drug-likeness (QED) is 0.927. The van der Waals surface area contributed by atoms with Crippen LogP contribution in [0.5, 0.6) is 0 Å². The highest BCUT2D eigenvalue weighted by molar-refractivity contribution is 9.10. The molecule has 17 heavy (non-hydrogen) atoms. The van der Waals surface area contributed by atoms with Crippen LogP contribution in [-0.2, 0) is 13.0 Å². The molecule has 0 aliphatic heterocycles. The highest BCUT2D eigenvalue weighted by Gasteiger charge is 2.19. The molecule has 1 rings (SSSR count). The number of hydrogen-bond acceptors (Lipinski definition) is 2. The number of nitrogens with two attached hydrogens (primary N) is 1. The maximum Gasteiger partial charge on any atom is 0.0738 e. The number of aromatic nitrogens is 2. The zero-order valence-corrected chi connectivity index (χ0v) is 13.1. The van der Waals surface area contributed by atoms with Gasteiger partial charge in [0, 0.05) is 19.0 Å². The van der Waals surface area contributed by atoms with Crippen molar-refractivity contribution < 1.29 is 0 Å².